The summed E-state index contributed by atoms with van der Waals surface area (Å²) in [7, 11) is 0. The van der Waals surface area contributed by atoms with Crippen LogP contribution in [-0.4, -0.2) is 35.4 Å². The van der Waals surface area contributed by atoms with E-state index in [9.17, 15) is 0 Å². The highest BCUT2D eigenvalue weighted by molar-refractivity contribution is 4.77. The fraction of sp³-hybridized carbons (Fsp3) is 0.727. The Morgan fingerprint density at radius 1 is 1.67 bits per heavy atom. The molecule has 1 fully saturated rings. The number of rotatable bonds is 5. The lowest BCUT2D eigenvalue weighted by Crippen LogP contribution is -2.34. The van der Waals surface area contributed by atoms with Crippen molar-refractivity contribution in [1.29, 1.82) is 0 Å². The van der Waals surface area contributed by atoms with Gasteiger partial charge in [-0.05, 0) is 19.3 Å². The van der Waals surface area contributed by atoms with Crippen molar-refractivity contribution in [3.63, 3.8) is 0 Å². The van der Waals surface area contributed by atoms with Gasteiger partial charge in [-0.15, -0.1) is 0 Å². The number of nitrogens with one attached hydrogen (secondary N) is 1. The van der Waals surface area contributed by atoms with E-state index in [0.29, 0.717) is 12.0 Å². The van der Waals surface area contributed by atoms with Gasteiger partial charge in [0.2, 0.25) is 0 Å². The van der Waals surface area contributed by atoms with Gasteiger partial charge >= 0.3 is 0 Å². The van der Waals surface area contributed by atoms with Crippen molar-refractivity contribution in [2.75, 3.05) is 19.8 Å². The molecule has 2 rings (SSSR count). The molecule has 0 aliphatic carbocycles. The van der Waals surface area contributed by atoms with Crippen molar-refractivity contribution in [3.05, 3.63) is 18.7 Å². The Balaban J connectivity index is 1.66. The number of hydrogen-bond donors (Lipinski definition) is 1. The van der Waals surface area contributed by atoms with Crippen LogP contribution in [0, 0.1) is 5.92 Å². The molecule has 1 aliphatic heterocycles. The first kappa shape index (κ1) is 10.6. The molecule has 84 valence electrons. The van der Waals surface area contributed by atoms with Gasteiger partial charge < -0.3 is 14.6 Å². The van der Waals surface area contributed by atoms with Crippen LogP contribution in [-0.2, 0) is 11.3 Å². The molecule has 1 saturated heterocycles. The second-order valence-electron chi connectivity index (χ2n) is 4.30. The first-order valence-corrected chi connectivity index (χ1v) is 5.61. The number of aromatic nitrogens is 2. The van der Waals surface area contributed by atoms with Crippen LogP contribution in [0.25, 0.3) is 0 Å². The summed E-state index contributed by atoms with van der Waals surface area (Å²) in [6, 6.07) is 0.486. The number of hydrogen-bond acceptors (Lipinski definition) is 3. The normalized spacial score (nSPS) is 23.1. The van der Waals surface area contributed by atoms with Gasteiger partial charge in [-0.1, -0.05) is 0 Å². The molecule has 15 heavy (non-hydrogen) atoms. The molecule has 0 aromatic carbocycles. The largest absolute Gasteiger partial charge is 0.381 e. The third-order valence-corrected chi connectivity index (χ3v) is 2.82. The lowest BCUT2D eigenvalue weighted by Gasteiger charge is -2.16. The minimum absolute atomic E-state index is 0.486. The topological polar surface area (TPSA) is 39.1 Å². The van der Waals surface area contributed by atoms with Gasteiger partial charge in [0.1, 0.15) is 0 Å². The summed E-state index contributed by atoms with van der Waals surface area (Å²) >= 11 is 0. The Hall–Kier alpha value is -0.870. The van der Waals surface area contributed by atoms with Crippen LogP contribution in [0.5, 0.6) is 0 Å². The third-order valence-electron chi connectivity index (χ3n) is 2.82. The Labute approximate surface area is 90.6 Å². The molecule has 1 aliphatic rings. The fourth-order valence-corrected chi connectivity index (χ4v) is 1.89. The van der Waals surface area contributed by atoms with Crippen LogP contribution in [0.4, 0.5) is 0 Å². The minimum Gasteiger partial charge on any atom is -0.381 e. The van der Waals surface area contributed by atoms with Gasteiger partial charge in [0.05, 0.1) is 12.9 Å². The number of imidazole rings is 1. The quantitative estimate of drug-likeness (QED) is 0.783. The Morgan fingerprint density at radius 3 is 3.27 bits per heavy atom. The van der Waals surface area contributed by atoms with Gasteiger partial charge in [0.15, 0.2) is 0 Å². The standard InChI is InChI=1S/C11H19N3O/c1-10(7-14-4-3-12-9-14)13-6-11-2-5-15-8-11/h3-4,9-11,13H,2,5-8H2,1H3. The molecule has 0 saturated carbocycles. The smallest absolute Gasteiger partial charge is 0.0946 e. The van der Waals surface area contributed by atoms with E-state index in [0.717, 1.165) is 26.3 Å². The van der Waals surface area contributed by atoms with E-state index in [4.69, 9.17) is 4.74 Å². The second-order valence-corrected chi connectivity index (χ2v) is 4.30. The molecule has 0 amide bonds. The van der Waals surface area contributed by atoms with Crippen molar-refractivity contribution in [3.8, 4) is 0 Å². The predicted octanol–water partition coefficient (Wildman–Crippen LogP) is 0.898. The maximum Gasteiger partial charge on any atom is 0.0946 e. The SMILES string of the molecule is CC(Cn1ccnc1)NCC1CCOC1. The summed E-state index contributed by atoms with van der Waals surface area (Å²) in [5.41, 5.74) is 0. The summed E-state index contributed by atoms with van der Waals surface area (Å²) < 4.78 is 7.44. The van der Waals surface area contributed by atoms with Crippen LogP contribution in [0.2, 0.25) is 0 Å². The lowest BCUT2D eigenvalue weighted by atomic mass is 10.1. The van der Waals surface area contributed by atoms with Crippen molar-refractivity contribution in [1.82, 2.24) is 14.9 Å². The maximum absolute atomic E-state index is 5.34. The molecule has 0 radical (unpaired) electrons. The van der Waals surface area contributed by atoms with Crippen LogP contribution >= 0.6 is 0 Å². The van der Waals surface area contributed by atoms with Gasteiger partial charge in [0.25, 0.3) is 0 Å². The third kappa shape index (κ3) is 3.32. The van der Waals surface area contributed by atoms with Crippen LogP contribution in [0.15, 0.2) is 18.7 Å². The average Bonchev–Trinajstić information content (AvgIpc) is 2.86. The zero-order valence-corrected chi connectivity index (χ0v) is 9.22. The first-order valence-electron chi connectivity index (χ1n) is 5.61. The molecule has 1 aromatic heterocycles. The van der Waals surface area contributed by atoms with Gasteiger partial charge in [0, 0.05) is 38.1 Å². The van der Waals surface area contributed by atoms with E-state index in [1.54, 1.807) is 0 Å². The zero-order chi connectivity index (χ0) is 10.5. The van der Waals surface area contributed by atoms with E-state index in [1.807, 2.05) is 18.7 Å². The van der Waals surface area contributed by atoms with E-state index >= 15 is 0 Å². The summed E-state index contributed by atoms with van der Waals surface area (Å²) in [6.45, 7) is 6.10. The summed E-state index contributed by atoms with van der Waals surface area (Å²) in [4.78, 5) is 4.03. The molecule has 4 nitrogen and oxygen atoms in total. The van der Waals surface area contributed by atoms with Crippen LogP contribution in [0.1, 0.15) is 13.3 Å². The summed E-state index contributed by atoms with van der Waals surface area (Å²) in [5, 5.41) is 3.53. The summed E-state index contributed by atoms with van der Waals surface area (Å²) in [6.07, 6.45) is 6.87. The van der Waals surface area contributed by atoms with Crippen molar-refractivity contribution < 1.29 is 4.74 Å². The molecule has 0 bridgehead atoms. The number of nitrogens with zero attached hydrogens (tertiary/aromatic N) is 2. The highest BCUT2D eigenvalue weighted by Gasteiger charge is 2.15. The predicted molar refractivity (Wildman–Crippen MR) is 58.6 cm³/mol. The second kappa shape index (κ2) is 5.28. The van der Waals surface area contributed by atoms with Gasteiger partial charge in [-0.2, -0.15) is 0 Å². The lowest BCUT2D eigenvalue weighted by molar-refractivity contribution is 0.184. The van der Waals surface area contributed by atoms with Gasteiger partial charge in [-0.3, -0.25) is 0 Å². The molecule has 2 heterocycles. The van der Waals surface area contributed by atoms with Crippen molar-refractivity contribution in [2.24, 2.45) is 5.92 Å². The monoisotopic (exact) mass is 209 g/mol. The minimum atomic E-state index is 0.486. The highest BCUT2D eigenvalue weighted by atomic mass is 16.5. The fourth-order valence-electron chi connectivity index (χ4n) is 1.89. The Morgan fingerprint density at radius 2 is 2.60 bits per heavy atom. The van der Waals surface area contributed by atoms with Gasteiger partial charge in [-0.25, -0.2) is 4.98 Å². The number of ether oxygens (including phenoxy) is 1. The Bertz CT molecular complexity index is 267. The van der Waals surface area contributed by atoms with E-state index in [2.05, 4.69) is 21.8 Å². The molecule has 4 heteroatoms. The molecular formula is C11H19N3O. The molecule has 0 spiro atoms. The first-order chi connectivity index (χ1) is 7.34. The van der Waals surface area contributed by atoms with Crippen molar-refractivity contribution in [2.45, 2.75) is 25.9 Å². The molecular weight excluding hydrogens is 190 g/mol. The van der Waals surface area contributed by atoms with E-state index < -0.39 is 0 Å². The molecule has 1 N–H and O–H groups in total. The maximum atomic E-state index is 5.34. The van der Waals surface area contributed by atoms with Crippen LogP contribution < -0.4 is 5.32 Å². The van der Waals surface area contributed by atoms with E-state index in [-0.39, 0.29) is 0 Å². The zero-order valence-electron chi connectivity index (χ0n) is 9.22. The molecule has 1 aromatic rings. The average molecular weight is 209 g/mol. The van der Waals surface area contributed by atoms with Crippen molar-refractivity contribution >= 4 is 0 Å². The summed E-state index contributed by atoms with van der Waals surface area (Å²) in [5.74, 6) is 0.704. The van der Waals surface area contributed by atoms with Crippen LogP contribution in [0.3, 0.4) is 0 Å². The molecule has 2 unspecified atom stereocenters. The van der Waals surface area contributed by atoms with E-state index in [1.165, 1.54) is 6.42 Å². The highest BCUT2D eigenvalue weighted by Crippen LogP contribution is 2.10. The molecule has 2 atom stereocenters. The Kier molecular flexibility index (Phi) is 3.75.